The summed E-state index contributed by atoms with van der Waals surface area (Å²) >= 11 is 0. The smallest absolute Gasteiger partial charge is 0.0518 e. The summed E-state index contributed by atoms with van der Waals surface area (Å²) in [6.07, 6.45) is 6.47. The van der Waals surface area contributed by atoms with E-state index in [1.807, 2.05) is 0 Å². The third-order valence-electron chi connectivity index (χ3n) is 3.11. The summed E-state index contributed by atoms with van der Waals surface area (Å²) in [5.41, 5.74) is 1.45. The van der Waals surface area contributed by atoms with Gasteiger partial charge in [-0.1, -0.05) is 30.3 Å². The van der Waals surface area contributed by atoms with E-state index in [1.165, 1.54) is 31.2 Å². The van der Waals surface area contributed by atoms with Crippen molar-refractivity contribution in [3.05, 3.63) is 35.9 Å². The molecule has 1 N–H and O–H groups in total. The van der Waals surface area contributed by atoms with Crippen LogP contribution < -0.4 is 5.32 Å². The minimum atomic E-state index is 0.367. The molecule has 108 valence electrons. The first-order valence-electron chi connectivity index (χ1n) is 7.65. The fourth-order valence-corrected chi connectivity index (χ4v) is 2.02. The van der Waals surface area contributed by atoms with E-state index in [2.05, 4.69) is 49.5 Å². The average Bonchev–Trinajstić information content (AvgIpc) is 2.42. The standard InChI is InChI=1S/C17H29NO/c1-16(2)19-15-9-8-14-18-13-7-6-12-17-10-4-3-5-11-17/h3-5,10-11,16,18H,6-9,12-15H2,1-2H3. The van der Waals surface area contributed by atoms with Gasteiger partial charge in [0.25, 0.3) is 0 Å². The summed E-state index contributed by atoms with van der Waals surface area (Å²) in [5, 5.41) is 3.50. The molecule has 0 radical (unpaired) electrons. The second kappa shape index (κ2) is 11.0. The van der Waals surface area contributed by atoms with Crippen LogP contribution in [0.4, 0.5) is 0 Å². The number of rotatable bonds is 11. The molecular weight excluding hydrogens is 234 g/mol. The Morgan fingerprint density at radius 3 is 2.32 bits per heavy atom. The molecule has 0 heterocycles. The predicted octanol–water partition coefficient (Wildman–Crippen LogP) is 3.80. The highest BCUT2D eigenvalue weighted by atomic mass is 16.5. The minimum absolute atomic E-state index is 0.367. The Morgan fingerprint density at radius 1 is 0.947 bits per heavy atom. The molecule has 19 heavy (non-hydrogen) atoms. The molecule has 0 spiro atoms. The largest absolute Gasteiger partial charge is 0.379 e. The second-order valence-corrected chi connectivity index (χ2v) is 5.32. The van der Waals surface area contributed by atoms with E-state index in [9.17, 15) is 0 Å². The topological polar surface area (TPSA) is 21.3 Å². The molecule has 1 aromatic rings. The van der Waals surface area contributed by atoms with E-state index in [0.29, 0.717) is 6.10 Å². The number of benzene rings is 1. The van der Waals surface area contributed by atoms with Crippen molar-refractivity contribution in [2.75, 3.05) is 19.7 Å². The predicted molar refractivity (Wildman–Crippen MR) is 82.6 cm³/mol. The van der Waals surface area contributed by atoms with Crippen LogP contribution in [-0.2, 0) is 11.2 Å². The number of hydrogen-bond acceptors (Lipinski definition) is 2. The van der Waals surface area contributed by atoms with Crippen LogP contribution in [-0.4, -0.2) is 25.8 Å². The lowest BCUT2D eigenvalue weighted by Crippen LogP contribution is -2.17. The maximum absolute atomic E-state index is 5.51. The summed E-state index contributed by atoms with van der Waals surface area (Å²) < 4.78 is 5.51. The lowest BCUT2D eigenvalue weighted by molar-refractivity contribution is 0.0760. The Bertz CT molecular complexity index is 297. The van der Waals surface area contributed by atoms with Gasteiger partial charge in [-0.05, 0) is 64.6 Å². The molecule has 0 aliphatic carbocycles. The fourth-order valence-electron chi connectivity index (χ4n) is 2.02. The first-order valence-corrected chi connectivity index (χ1v) is 7.65. The van der Waals surface area contributed by atoms with Crippen molar-refractivity contribution in [1.82, 2.24) is 5.32 Å². The summed E-state index contributed by atoms with van der Waals surface area (Å²) in [6, 6.07) is 10.7. The van der Waals surface area contributed by atoms with Gasteiger partial charge in [0.2, 0.25) is 0 Å². The lowest BCUT2D eigenvalue weighted by atomic mass is 10.1. The van der Waals surface area contributed by atoms with Gasteiger partial charge in [0.15, 0.2) is 0 Å². The Hall–Kier alpha value is -0.860. The summed E-state index contributed by atoms with van der Waals surface area (Å²) in [4.78, 5) is 0. The van der Waals surface area contributed by atoms with Crippen LogP contribution in [0.15, 0.2) is 30.3 Å². The molecule has 1 aromatic carbocycles. The molecule has 0 atom stereocenters. The fraction of sp³-hybridized carbons (Fsp3) is 0.647. The zero-order valence-electron chi connectivity index (χ0n) is 12.5. The highest BCUT2D eigenvalue weighted by Gasteiger charge is 1.94. The average molecular weight is 263 g/mol. The van der Waals surface area contributed by atoms with Crippen LogP contribution in [0.5, 0.6) is 0 Å². The molecule has 0 saturated carbocycles. The van der Waals surface area contributed by atoms with E-state index >= 15 is 0 Å². The summed E-state index contributed by atoms with van der Waals surface area (Å²) in [6.45, 7) is 7.33. The van der Waals surface area contributed by atoms with Crippen LogP contribution >= 0.6 is 0 Å². The van der Waals surface area contributed by atoms with Gasteiger partial charge in [0.05, 0.1) is 6.10 Å². The van der Waals surface area contributed by atoms with E-state index < -0.39 is 0 Å². The van der Waals surface area contributed by atoms with Gasteiger partial charge in [0, 0.05) is 6.61 Å². The number of nitrogens with one attached hydrogen (secondary N) is 1. The van der Waals surface area contributed by atoms with Crippen molar-refractivity contribution in [1.29, 1.82) is 0 Å². The molecule has 0 saturated heterocycles. The molecule has 1 rings (SSSR count). The molecule has 2 heteroatoms. The Kier molecular flexibility index (Phi) is 9.38. The Balaban J connectivity index is 1.81. The highest BCUT2D eigenvalue weighted by molar-refractivity contribution is 5.14. The van der Waals surface area contributed by atoms with Crippen molar-refractivity contribution >= 4 is 0 Å². The van der Waals surface area contributed by atoms with E-state index in [0.717, 1.165) is 26.1 Å². The molecule has 0 aliphatic rings. The molecule has 2 nitrogen and oxygen atoms in total. The zero-order chi connectivity index (χ0) is 13.8. The van der Waals surface area contributed by atoms with Crippen LogP contribution in [0.2, 0.25) is 0 Å². The third kappa shape index (κ3) is 9.69. The maximum Gasteiger partial charge on any atom is 0.0518 e. The summed E-state index contributed by atoms with van der Waals surface area (Å²) in [7, 11) is 0. The van der Waals surface area contributed by atoms with Gasteiger partial charge in [-0.3, -0.25) is 0 Å². The van der Waals surface area contributed by atoms with Crippen molar-refractivity contribution in [2.24, 2.45) is 0 Å². The summed E-state index contributed by atoms with van der Waals surface area (Å²) in [5.74, 6) is 0. The first kappa shape index (κ1) is 16.2. The van der Waals surface area contributed by atoms with Gasteiger partial charge in [0.1, 0.15) is 0 Å². The number of hydrogen-bond donors (Lipinski definition) is 1. The number of unbranched alkanes of at least 4 members (excludes halogenated alkanes) is 2. The molecule has 0 aromatic heterocycles. The van der Waals surface area contributed by atoms with Crippen LogP contribution in [0.25, 0.3) is 0 Å². The monoisotopic (exact) mass is 263 g/mol. The molecular formula is C17H29NO. The molecule has 0 unspecified atom stereocenters. The van der Waals surface area contributed by atoms with Crippen LogP contribution in [0.3, 0.4) is 0 Å². The highest BCUT2D eigenvalue weighted by Crippen LogP contribution is 2.03. The quantitative estimate of drug-likeness (QED) is 0.613. The number of ether oxygens (including phenoxy) is 1. The molecule has 0 amide bonds. The molecule has 0 fully saturated rings. The van der Waals surface area contributed by atoms with Crippen LogP contribution in [0.1, 0.15) is 45.1 Å². The third-order valence-corrected chi connectivity index (χ3v) is 3.11. The van der Waals surface area contributed by atoms with E-state index in [-0.39, 0.29) is 0 Å². The van der Waals surface area contributed by atoms with Gasteiger partial charge >= 0.3 is 0 Å². The maximum atomic E-state index is 5.51. The van der Waals surface area contributed by atoms with Gasteiger partial charge in [-0.2, -0.15) is 0 Å². The van der Waals surface area contributed by atoms with E-state index in [1.54, 1.807) is 0 Å². The normalized spacial score (nSPS) is 11.1. The van der Waals surface area contributed by atoms with Crippen molar-refractivity contribution < 1.29 is 4.74 Å². The Labute approximate surface area is 118 Å². The van der Waals surface area contributed by atoms with Crippen LogP contribution in [0, 0.1) is 0 Å². The van der Waals surface area contributed by atoms with Gasteiger partial charge in [-0.25, -0.2) is 0 Å². The van der Waals surface area contributed by atoms with Crippen molar-refractivity contribution in [3.63, 3.8) is 0 Å². The van der Waals surface area contributed by atoms with E-state index in [4.69, 9.17) is 4.74 Å². The zero-order valence-corrected chi connectivity index (χ0v) is 12.5. The van der Waals surface area contributed by atoms with Gasteiger partial charge in [-0.15, -0.1) is 0 Å². The SMILES string of the molecule is CC(C)OCCCCNCCCCc1ccccc1. The minimum Gasteiger partial charge on any atom is -0.379 e. The molecule has 0 bridgehead atoms. The second-order valence-electron chi connectivity index (χ2n) is 5.32. The lowest BCUT2D eigenvalue weighted by Gasteiger charge is -2.08. The number of aryl methyl sites for hydroxylation is 1. The molecule has 0 aliphatic heterocycles. The first-order chi connectivity index (χ1) is 9.29. The van der Waals surface area contributed by atoms with Crippen molar-refractivity contribution in [2.45, 2.75) is 52.1 Å². The van der Waals surface area contributed by atoms with Crippen molar-refractivity contribution in [3.8, 4) is 0 Å². The van der Waals surface area contributed by atoms with Gasteiger partial charge < -0.3 is 10.1 Å². The Morgan fingerprint density at radius 2 is 1.63 bits per heavy atom.